The number of esters is 1. The van der Waals surface area contributed by atoms with Crippen molar-refractivity contribution in [2.24, 2.45) is 18.4 Å². The van der Waals surface area contributed by atoms with Crippen molar-refractivity contribution in [3.8, 4) is 0 Å². The summed E-state index contributed by atoms with van der Waals surface area (Å²) >= 11 is 0. The molecule has 1 aromatic heterocycles. The van der Waals surface area contributed by atoms with Gasteiger partial charge in [-0.25, -0.2) is 4.68 Å². The molecule has 2 unspecified atom stereocenters. The van der Waals surface area contributed by atoms with Crippen LogP contribution in [0.2, 0.25) is 0 Å². The number of ether oxygens (including phenoxy) is 1. The second kappa shape index (κ2) is 5.50. The van der Waals surface area contributed by atoms with Crippen LogP contribution in [0.4, 0.5) is 11.5 Å². The third-order valence-electron chi connectivity index (χ3n) is 5.34. The lowest BCUT2D eigenvalue weighted by atomic mass is 9.81. The number of fused-ring (bicyclic) bond motifs is 1. The predicted molar refractivity (Wildman–Crippen MR) is 83.2 cm³/mol. The van der Waals surface area contributed by atoms with Crippen molar-refractivity contribution in [1.29, 1.82) is 0 Å². The fourth-order valence-electron chi connectivity index (χ4n) is 4.33. The molecule has 2 fully saturated rings. The lowest BCUT2D eigenvalue weighted by Gasteiger charge is -2.25. The highest BCUT2D eigenvalue weighted by Crippen LogP contribution is 2.51. The molecule has 2 aliphatic rings. The largest absolute Gasteiger partial charge is 0.469 e. The van der Waals surface area contributed by atoms with Gasteiger partial charge in [-0.1, -0.05) is 13.3 Å². The summed E-state index contributed by atoms with van der Waals surface area (Å²) in [4.78, 5) is 25.5. The molecule has 0 amide bonds. The number of carbonyl (C=O) groups is 1. The van der Waals surface area contributed by atoms with Crippen molar-refractivity contribution in [2.45, 2.75) is 32.6 Å². The quantitative estimate of drug-likeness (QED) is 0.476. The zero-order valence-electron chi connectivity index (χ0n) is 13.7. The molecule has 1 saturated carbocycles. The molecule has 1 aliphatic carbocycles. The molecule has 1 aliphatic heterocycles. The average Bonchev–Trinajstić information content (AvgIpc) is 3.15. The van der Waals surface area contributed by atoms with Crippen LogP contribution in [0.15, 0.2) is 0 Å². The second-order valence-electron chi connectivity index (χ2n) is 6.47. The molecule has 1 saturated heterocycles. The molecule has 0 spiro atoms. The lowest BCUT2D eigenvalue weighted by Crippen LogP contribution is -2.37. The van der Waals surface area contributed by atoms with E-state index in [2.05, 4.69) is 5.10 Å². The van der Waals surface area contributed by atoms with Crippen LogP contribution in [-0.2, 0) is 23.0 Å². The number of nitro groups is 1. The van der Waals surface area contributed by atoms with Crippen LogP contribution in [0.3, 0.4) is 0 Å². The summed E-state index contributed by atoms with van der Waals surface area (Å²) in [6, 6.07) is 0. The first-order valence-electron chi connectivity index (χ1n) is 7.98. The SMILES string of the molecule is CCc1nn(C)c(N2CC3CCCC3(C(=O)OC)C2)c1[N+](=O)[O-]. The molecule has 3 rings (SSSR count). The maximum atomic E-state index is 12.4. The maximum absolute atomic E-state index is 12.4. The topological polar surface area (TPSA) is 90.5 Å². The lowest BCUT2D eigenvalue weighted by molar-refractivity contribution is -0.384. The Morgan fingerprint density at radius 3 is 2.91 bits per heavy atom. The van der Waals surface area contributed by atoms with E-state index in [1.165, 1.54) is 7.11 Å². The molecule has 0 aromatic carbocycles. The Morgan fingerprint density at radius 1 is 1.57 bits per heavy atom. The Morgan fingerprint density at radius 2 is 2.30 bits per heavy atom. The van der Waals surface area contributed by atoms with Gasteiger partial charge in [0, 0.05) is 20.1 Å². The Balaban J connectivity index is 2.01. The molecule has 2 heterocycles. The molecule has 8 heteroatoms. The van der Waals surface area contributed by atoms with Gasteiger partial charge in [-0.3, -0.25) is 14.9 Å². The minimum absolute atomic E-state index is 0.0648. The van der Waals surface area contributed by atoms with Gasteiger partial charge in [-0.05, 0) is 25.2 Å². The number of aromatic nitrogens is 2. The number of nitrogens with zero attached hydrogens (tertiary/aromatic N) is 4. The second-order valence-corrected chi connectivity index (χ2v) is 6.47. The minimum atomic E-state index is -0.529. The summed E-state index contributed by atoms with van der Waals surface area (Å²) in [5, 5.41) is 15.8. The molecule has 8 nitrogen and oxygen atoms in total. The highest BCUT2D eigenvalue weighted by molar-refractivity contribution is 5.80. The Hall–Kier alpha value is -2.12. The zero-order chi connectivity index (χ0) is 16.8. The molecule has 1 aromatic rings. The van der Waals surface area contributed by atoms with Crippen molar-refractivity contribution in [3.05, 3.63) is 15.8 Å². The standard InChI is InChI=1S/C15H22N4O4/c1-4-11-12(19(21)22)13(17(2)16-11)18-8-10-6-5-7-15(10,9-18)14(20)23-3/h10H,4-9H2,1-3H3. The van der Waals surface area contributed by atoms with Gasteiger partial charge in [0.1, 0.15) is 5.69 Å². The normalized spacial score (nSPS) is 26.4. The molecule has 0 bridgehead atoms. The fraction of sp³-hybridized carbons (Fsp3) is 0.733. The molecule has 0 N–H and O–H groups in total. The van der Waals surface area contributed by atoms with Gasteiger partial charge >= 0.3 is 11.7 Å². The summed E-state index contributed by atoms with van der Waals surface area (Å²) in [6.07, 6.45) is 3.25. The van der Waals surface area contributed by atoms with Gasteiger partial charge in [0.25, 0.3) is 0 Å². The number of aryl methyl sites for hydroxylation is 2. The summed E-state index contributed by atoms with van der Waals surface area (Å²) in [7, 11) is 3.14. The van der Waals surface area contributed by atoms with Crippen molar-refractivity contribution < 1.29 is 14.5 Å². The third kappa shape index (κ3) is 2.19. The number of hydrogen-bond acceptors (Lipinski definition) is 6. The van der Waals surface area contributed by atoms with Gasteiger partial charge in [-0.2, -0.15) is 5.10 Å². The first kappa shape index (κ1) is 15.8. The highest BCUT2D eigenvalue weighted by Gasteiger charge is 2.56. The number of anilines is 1. The Kier molecular flexibility index (Phi) is 3.77. The minimum Gasteiger partial charge on any atom is -0.469 e. The van der Waals surface area contributed by atoms with Gasteiger partial charge < -0.3 is 9.64 Å². The Labute approximate surface area is 134 Å². The monoisotopic (exact) mass is 322 g/mol. The fourth-order valence-corrected chi connectivity index (χ4v) is 4.33. The van der Waals surface area contributed by atoms with E-state index in [9.17, 15) is 14.9 Å². The molecule has 126 valence electrons. The number of rotatable bonds is 4. The summed E-state index contributed by atoms with van der Waals surface area (Å²) in [5.74, 6) is 0.502. The van der Waals surface area contributed by atoms with Crippen LogP contribution in [0.5, 0.6) is 0 Å². The number of hydrogen-bond donors (Lipinski definition) is 0. The van der Waals surface area contributed by atoms with Gasteiger partial charge in [0.05, 0.1) is 17.4 Å². The molecular formula is C15H22N4O4. The molecule has 23 heavy (non-hydrogen) atoms. The zero-order valence-corrected chi connectivity index (χ0v) is 13.7. The Bertz CT molecular complexity index is 656. The molecule has 0 radical (unpaired) electrons. The number of carbonyl (C=O) groups excluding carboxylic acids is 1. The van der Waals surface area contributed by atoms with E-state index >= 15 is 0 Å². The maximum Gasteiger partial charge on any atom is 0.334 e. The number of methoxy groups -OCH3 is 1. The summed E-state index contributed by atoms with van der Waals surface area (Å²) in [6.45, 7) is 2.96. The van der Waals surface area contributed by atoms with Gasteiger partial charge in [0.15, 0.2) is 0 Å². The summed E-state index contributed by atoms with van der Waals surface area (Å²) < 4.78 is 6.61. The van der Waals surface area contributed by atoms with Crippen molar-refractivity contribution in [2.75, 3.05) is 25.1 Å². The molecule has 2 atom stereocenters. The first-order valence-corrected chi connectivity index (χ1v) is 7.98. The first-order chi connectivity index (χ1) is 10.9. The van der Waals surface area contributed by atoms with Crippen LogP contribution in [0, 0.1) is 21.4 Å². The summed E-state index contributed by atoms with van der Waals surface area (Å²) in [5.41, 5.74) is 0.0193. The highest BCUT2D eigenvalue weighted by atomic mass is 16.6. The van der Waals surface area contributed by atoms with E-state index in [0.717, 1.165) is 19.3 Å². The third-order valence-corrected chi connectivity index (χ3v) is 5.34. The van der Waals surface area contributed by atoms with Crippen LogP contribution in [0.1, 0.15) is 31.9 Å². The van der Waals surface area contributed by atoms with Gasteiger partial charge in [0.2, 0.25) is 5.82 Å². The predicted octanol–water partition coefficient (Wildman–Crippen LogP) is 1.67. The van der Waals surface area contributed by atoms with E-state index in [0.29, 0.717) is 31.0 Å². The molecular weight excluding hydrogens is 300 g/mol. The van der Waals surface area contributed by atoms with Crippen LogP contribution in [-0.4, -0.2) is 40.9 Å². The van der Waals surface area contributed by atoms with E-state index in [1.54, 1.807) is 11.7 Å². The van der Waals surface area contributed by atoms with E-state index in [4.69, 9.17) is 4.74 Å². The van der Waals surface area contributed by atoms with Crippen molar-refractivity contribution in [1.82, 2.24) is 9.78 Å². The van der Waals surface area contributed by atoms with Crippen LogP contribution < -0.4 is 4.90 Å². The van der Waals surface area contributed by atoms with E-state index < -0.39 is 5.41 Å². The van der Waals surface area contributed by atoms with E-state index in [1.807, 2.05) is 11.8 Å². The van der Waals surface area contributed by atoms with E-state index in [-0.39, 0.29) is 22.5 Å². The smallest absolute Gasteiger partial charge is 0.334 e. The van der Waals surface area contributed by atoms with Crippen LogP contribution in [0.25, 0.3) is 0 Å². The van der Waals surface area contributed by atoms with Crippen molar-refractivity contribution in [3.63, 3.8) is 0 Å². The van der Waals surface area contributed by atoms with Gasteiger partial charge in [-0.15, -0.1) is 0 Å². The van der Waals surface area contributed by atoms with Crippen molar-refractivity contribution >= 4 is 17.5 Å². The van der Waals surface area contributed by atoms with Crippen LogP contribution >= 0.6 is 0 Å². The average molecular weight is 322 g/mol.